The Morgan fingerprint density at radius 3 is 2.17 bits per heavy atom. The molecule has 0 bridgehead atoms. The SMILES string of the molecule is CC(C)N(CC(F)(F)F)C(=O)NCC(O)C(=O)O. The number of carbonyl (C=O) groups excluding carboxylic acids is 1. The van der Waals surface area contributed by atoms with Crippen molar-refractivity contribution in [3.8, 4) is 0 Å². The quantitative estimate of drug-likeness (QED) is 0.676. The number of nitrogens with one attached hydrogen (secondary N) is 1. The van der Waals surface area contributed by atoms with E-state index in [2.05, 4.69) is 0 Å². The summed E-state index contributed by atoms with van der Waals surface area (Å²) < 4.78 is 36.6. The van der Waals surface area contributed by atoms with E-state index in [1.54, 1.807) is 0 Å². The molecule has 2 amide bonds. The van der Waals surface area contributed by atoms with E-state index >= 15 is 0 Å². The van der Waals surface area contributed by atoms with Crippen LogP contribution in [0.2, 0.25) is 0 Å². The molecule has 1 unspecified atom stereocenters. The molecular formula is C9H15F3N2O4. The largest absolute Gasteiger partial charge is 0.479 e. The van der Waals surface area contributed by atoms with Gasteiger partial charge in [0.25, 0.3) is 0 Å². The molecule has 0 aliphatic rings. The second-order valence-electron chi connectivity index (χ2n) is 3.88. The van der Waals surface area contributed by atoms with Crippen molar-refractivity contribution in [3.05, 3.63) is 0 Å². The van der Waals surface area contributed by atoms with E-state index in [9.17, 15) is 22.8 Å². The highest BCUT2D eigenvalue weighted by Crippen LogP contribution is 2.17. The van der Waals surface area contributed by atoms with Gasteiger partial charge in [0.15, 0.2) is 6.10 Å². The van der Waals surface area contributed by atoms with Crippen LogP contribution in [0.5, 0.6) is 0 Å². The molecule has 0 saturated heterocycles. The second kappa shape index (κ2) is 6.43. The Hall–Kier alpha value is -1.51. The predicted molar refractivity (Wildman–Crippen MR) is 54.9 cm³/mol. The van der Waals surface area contributed by atoms with Gasteiger partial charge in [-0.15, -0.1) is 0 Å². The van der Waals surface area contributed by atoms with Crippen molar-refractivity contribution in [1.82, 2.24) is 10.2 Å². The van der Waals surface area contributed by atoms with Crippen molar-refractivity contribution in [2.75, 3.05) is 13.1 Å². The van der Waals surface area contributed by atoms with Gasteiger partial charge in [0.2, 0.25) is 0 Å². The second-order valence-corrected chi connectivity index (χ2v) is 3.88. The molecule has 0 fully saturated rings. The summed E-state index contributed by atoms with van der Waals surface area (Å²) in [6, 6.07) is -1.80. The summed E-state index contributed by atoms with van der Waals surface area (Å²) in [5.74, 6) is -1.57. The summed E-state index contributed by atoms with van der Waals surface area (Å²) in [7, 11) is 0. The van der Waals surface area contributed by atoms with Gasteiger partial charge in [-0.2, -0.15) is 13.2 Å². The molecule has 0 heterocycles. The monoisotopic (exact) mass is 272 g/mol. The lowest BCUT2D eigenvalue weighted by Gasteiger charge is -2.28. The molecule has 0 aromatic rings. The van der Waals surface area contributed by atoms with Gasteiger partial charge in [-0.3, -0.25) is 0 Å². The molecule has 106 valence electrons. The molecule has 0 aliphatic heterocycles. The Kier molecular flexibility index (Phi) is 5.89. The van der Waals surface area contributed by atoms with Crippen molar-refractivity contribution in [2.45, 2.75) is 32.2 Å². The number of hydrogen-bond acceptors (Lipinski definition) is 3. The number of halogens is 3. The third kappa shape index (κ3) is 6.28. The molecule has 0 rings (SSSR count). The van der Waals surface area contributed by atoms with Crippen LogP contribution in [0.1, 0.15) is 13.8 Å². The van der Waals surface area contributed by atoms with Gasteiger partial charge in [-0.1, -0.05) is 0 Å². The third-order valence-electron chi connectivity index (χ3n) is 1.97. The number of aliphatic carboxylic acids is 1. The van der Waals surface area contributed by atoms with Crippen LogP contribution in [-0.4, -0.2) is 58.5 Å². The molecule has 0 aromatic heterocycles. The fourth-order valence-electron chi connectivity index (χ4n) is 1.05. The van der Waals surface area contributed by atoms with Gasteiger partial charge in [-0.25, -0.2) is 9.59 Å². The van der Waals surface area contributed by atoms with Crippen molar-refractivity contribution >= 4 is 12.0 Å². The van der Waals surface area contributed by atoms with E-state index in [0.717, 1.165) is 0 Å². The minimum absolute atomic E-state index is 0.495. The highest BCUT2D eigenvalue weighted by atomic mass is 19.4. The zero-order valence-corrected chi connectivity index (χ0v) is 9.86. The van der Waals surface area contributed by atoms with E-state index < -0.39 is 43.4 Å². The standard InChI is InChI=1S/C9H15F3N2O4/c1-5(2)14(4-9(10,11)12)8(18)13-3-6(15)7(16)17/h5-6,15H,3-4H2,1-2H3,(H,13,18)(H,16,17). The average Bonchev–Trinajstić information content (AvgIpc) is 2.20. The number of carbonyl (C=O) groups is 2. The van der Waals surface area contributed by atoms with Gasteiger partial charge in [-0.05, 0) is 13.8 Å². The zero-order valence-electron chi connectivity index (χ0n) is 9.86. The number of carboxylic acid groups (broad SMARTS) is 1. The molecule has 18 heavy (non-hydrogen) atoms. The number of aliphatic hydroxyl groups is 1. The van der Waals surface area contributed by atoms with E-state index in [-0.39, 0.29) is 0 Å². The summed E-state index contributed by atoms with van der Waals surface area (Å²) in [5.41, 5.74) is 0. The van der Waals surface area contributed by atoms with Gasteiger partial charge in [0.05, 0.1) is 6.54 Å². The fourth-order valence-corrected chi connectivity index (χ4v) is 1.05. The van der Waals surface area contributed by atoms with Crippen LogP contribution in [0.25, 0.3) is 0 Å². The maximum absolute atomic E-state index is 12.2. The number of alkyl halides is 3. The van der Waals surface area contributed by atoms with E-state index in [1.165, 1.54) is 13.8 Å². The lowest BCUT2D eigenvalue weighted by atomic mass is 10.3. The maximum atomic E-state index is 12.2. The summed E-state index contributed by atoms with van der Waals surface area (Å²) in [6.07, 6.45) is -6.40. The lowest BCUT2D eigenvalue weighted by molar-refractivity contribution is -0.147. The maximum Gasteiger partial charge on any atom is 0.406 e. The summed E-state index contributed by atoms with van der Waals surface area (Å²) in [5, 5.41) is 19.1. The van der Waals surface area contributed by atoms with E-state index in [0.29, 0.717) is 4.90 Å². The molecule has 6 nitrogen and oxygen atoms in total. The van der Waals surface area contributed by atoms with Crippen molar-refractivity contribution < 1.29 is 33.0 Å². The zero-order chi connectivity index (χ0) is 14.5. The van der Waals surface area contributed by atoms with Crippen LogP contribution in [0.15, 0.2) is 0 Å². The predicted octanol–water partition coefficient (Wildman–Crippen LogP) is 0.414. The first-order valence-electron chi connectivity index (χ1n) is 5.06. The number of carboxylic acids is 1. The molecule has 3 N–H and O–H groups in total. The Labute approximate surface area is 101 Å². The molecule has 0 aliphatic carbocycles. The van der Waals surface area contributed by atoms with Crippen LogP contribution in [-0.2, 0) is 4.79 Å². The van der Waals surface area contributed by atoms with Crippen LogP contribution < -0.4 is 5.32 Å². The summed E-state index contributed by atoms with van der Waals surface area (Å²) >= 11 is 0. The van der Waals surface area contributed by atoms with Crippen molar-refractivity contribution in [3.63, 3.8) is 0 Å². The van der Waals surface area contributed by atoms with Crippen molar-refractivity contribution in [1.29, 1.82) is 0 Å². The van der Waals surface area contributed by atoms with E-state index in [4.69, 9.17) is 10.2 Å². The van der Waals surface area contributed by atoms with Crippen LogP contribution in [0.3, 0.4) is 0 Å². The van der Waals surface area contributed by atoms with Gasteiger partial charge >= 0.3 is 18.2 Å². The fraction of sp³-hybridized carbons (Fsp3) is 0.778. The van der Waals surface area contributed by atoms with Crippen LogP contribution in [0, 0.1) is 0 Å². The first-order valence-corrected chi connectivity index (χ1v) is 5.06. The Morgan fingerprint density at radius 1 is 1.33 bits per heavy atom. The number of aliphatic hydroxyl groups excluding tert-OH is 1. The number of amides is 2. The first-order chi connectivity index (χ1) is 8.04. The molecular weight excluding hydrogens is 257 g/mol. The van der Waals surface area contributed by atoms with Crippen molar-refractivity contribution in [2.24, 2.45) is 0 Å². The molecule has 0 saturated carbocycles. The smallest absolute Gasteiger partial charge is 0.406 e. The minimum atomic E-state index is -4.55. The van der Waals surface area contributed by atoms with Gasteiger partial charge in [0, 0.05) is 6.04 Å². The number of nitrogens with zero attached hydrogens (tertiary/aromatic N) is 1. The molecule has 0 radical (unpaired) electrons. The van der Waals surface area contributed by atoms with Crippen LogP contribution >= 0.6 is 0 Å². The molecule has 0 spiro atoms. The Bertz CT molecular complexity index is 307. The highest BCUT2D eigenvalue weighted by Gasteiger charge is 2.34. The molecule has 1 atom stereocenters. The number of hydrogen-bond donors (Lipinski definition) is 3. The van der Waals surface area contributed by atoms with Gasteiger partial charge < -0.3 is 20.4 Å². The lowest BCUT2D eigenvalue weighted by Crippen LogP contribution is -2.50. The number of rotatable bonds is 5. The normalized spacial score (nSPS) is 13.3. The molecule has 9 heteroatoms. The molecule has 0 aromatic carbocycles. The minimum Gasteiger partial charge on any atom is -0.479 e. The third-order valence-corrected chi connectivity index (χ3v) is 1.97. The van der Waals surface area contributed by atoms with E-state index in [1.807, 2.05) is 5.32 Å². The Balaban J connectivity index is 4.46. The average molecular weight is 272 g/mol. The summed E-state index contributed by atoms with van der Waals surface area (Å²) in [6.45, 7) is 0.673. The summed E-state index contributed by atoms with van der Waals surface area (Å²) in [4.78, 5) is 22.1. The topological polar surface area (TPSA) is 89.9 Å². The van der Waals surface area contributed by atoms with Crippen LogP contribution in [0.4, 0.5) is 18.0 Å². The Morgan fingerprint density at radius 2 is 1.83 bits per heavy atom. The highest BCUT2D eigenvalue weighted by molar-refractivity contribution is 5.77. The van der Waals surface area contributed by atoms with Gasteiger partial charge in [0.1, 0.15) is 6.54 Å². The first kappa shape index (κ1) is 16.5. The number of urea groups is 1.